The zero-order valence-electron chi connectivity index (χ0n) is 16.6. The Labute approximate surface area is 173 Å². The molecule has 7 nitrogen and oxygen atoms in total. The molecular formula is C21H24N4O3S. The lowest BCUT2D eigenvalue weighted by Crippen LogP contribution is -2.35. The Morgan fingerprint density at radius 1 is 1.31 bits per heavy atom. The molecule has 8 heteroatoms. The number of amides is 1. The van der Waals surface area contributed by atoms with Crippen molar-refractivity contribution in [3.8, 4) is 11.1 Å². The first-order valence-electron chi connectivity index (χ1n) is 9.70. The molecule has 0 saturated carbocycles. The Hall–Kier alpha value is -2.71. The normalized spacial score (nSPS) is 14.2. The summed E-state index contributed by atoms with van der Waals surface area (Å²) < 4.78 is 10.7. The molecule has 0 radical (unpaired) electrons. The van der Waals surface area contributed by atoms with E-state index in [2.05, 4.69) is 20.4 Å². The highest BCUT2D eigenvalue weighted by atomic mass is 32.1. The summed E-state index contributed by atoms with van der Waals surface area (Å²) in [6, 6.07) is 5.91. The number of thiophene rings is 1. The molecule has 3 aromatic heterocycles. The van der Waals surface area contributed by atoms with E-state index in [1.165, 1.54) is 11.3 Å². The molecule has 4 rings (SSSR count). The Bertz CT molecular complexity index is 958. The highest BCUT2D eigenvalue weighted by molar-refractivity contribution is 7.18. The van der Waals surface area contributed by atoms with Gasteiger partial charge in [-0.15, -0.1) is 11.3 Å². The van der Waals surface area contributed by atoms with Crippen molar-refractivity contribution < 1.29 is 14.1 Å². The van der Waals surface area contributed by atoms with Crippen LogP contribution in [0.1, 0.15) is 26.7 Å². The number of rotatable bonds is 6. The van der Waals surface area contributed by atoms with Gasteiger partial charge in [-0.3, -0.25) is 9.78 Å². The van der Waals surface area contributed by atoms with E-state index < -0.39 is 0 Å². The van der Waals surface area contributed by atoms with Crippen LogP contribution >= 0.6 is 11.3 Å². The minimum atomic E-state index is -0.0635. The maximum atomic E-state index is 12.8. The van der Waals surface area contributed by atoms with E-state index in [9.17, 15) is 4.79 Å². The van der Waals surface area contributed by atoms with E-state index >= 15 is 0 Å². The van der Waals surface area contributed by atoms with Gasteiger partial charge in [0, 0.05) is 48.7 Å². The fourth-order valence-electron chi connectivity index (χ4n) is 3.47. The summed E-state index contributed by atoms with van der Waals surface area (Å²) in [5.74, 6) is 0.743. The Morgan fingerprint density at radius 2 is 2.14 bits per heavy atom. The molecule has 1 amide bonds. The number of nitrogens with zero attached hydrogens (tertiary/aromatic N) is 3. The molecule has 0 aromatic carbocycles. The molecule has 1 N–H and O–H groups in total. The summed E-state index contributed by atoms with van der Waals surface area (Å²) in [5.41, 5.74) is 3.99. The van der Waals surface area contributed by atoms with Gasteiger partial charge in [0.15, 0.2) is 0 Å². The second kappa shape index (κ2) is 8.75. The van der Waals surface area contributed by atoms with Crippen LogP contribution in [0.3, 0.4) is 0 Å². The van der Waals surface area contributed by atoms with Gasteiger partial charge in [0.1, 0.15) is 5.76 Å². The Kier molecular flexibility index (Phi) is 5.92. The number of anilines is 1. The lowest BCUT2D eigenvalue weighted by atomic mass is 10.1. The number of pyridine rings is 1. The van der Waals surface area contributed by atoms with Crippen LogP contribution in [0.15, 0.2) is 35.1 Å². The van der Waals surface area contributed by atoms with Crippen LogP contribution in [0, 0.1) is 13.8 Å². The third kappa shape index (κ3) is 4.33. The first kappa shape index (κ1) is 19.6. The summed E-state index contributed by atoms with van der Waals surface area (Å²) in [6.07, 6.45) is 4.29. The number of carbonyl (C=O) groups is 1. The molecule has 1 aliphatic heterocycles. The highest BCUT2D eigenvalue weighted by Crippen LogP contribution is 2.39. The molecule has 29 heavy (non-hydrogen) atoms. The highest BCUT2D eigenvalue weighted by Gasteiger charge is 2.22. The number of morpholine rings is 1. The lowest BCUT2D eigenvalue weighted by molar-refractivity contribution is 0.0958. The summed E-state index contributed by atoms with van der Waals surface area (Å²) in [7, 11) is 0. The summed E-state index contributed by atoms with van der Waals surface area (Å²) in [4.78, 5) is 20.1. The van der Waals surface area contributed by atoms with Crippen molar-refractivity contribution in [3.05, 3.63) is 52.5 Å². The van der Waals surface area contributed by atoms with E-state index in [1.807, 2.05) is 38.2 Å². The molecule has 0 bridgehead atoms. The van der Waals surface area contributed by atoms with Gasteiger partial charge in [-0.2, -0.15) is 0 Å². The van der Waals surface area contributed by atoms with Gasteiger partial charge in [0.25, 0.3) is 5.91 Å². The zero-order valence-corrected chi connectivity index (χ0v) is 17.4. The lowest BCUT2D eigenvalue weighted by Gasteiger charge is -2.28. The molecule has 0 aliphatic carbocycles. The van der Waals surface area contributed by atoms with Crippen LogP contribution in [-0.2, 0) is 11.2 Å². The van der Waals surface area contributed by atoms with Crippen LogP contribution < -0.4 is 10.2 Å². The molecule has 1 aliphatic rings. The number of hydrogen-bond donors (Lipinski definition) is 1. The topological polar surface area (TPSA) is 80.5 Å². The Balaban J connectivity index is 1.52. The van der Waals surface area contributed by atoms with E-state index in [4.69, 9.17) is 9.26 Å². The smallest absolute Gasteiger partial charge is 0.261 e. The molecule has 0 atom stereocenters. The maximum Gasteiger partial charge on any atom is 0.261 e. The average Bonchev–Trinajstić information content (AvgIpc) is 3.34. The predicted octanol–water partition coefficient (Wildman–Crippen LogP) is 3.22. The summed E-state index contributed by atoms with van der Waals surface area (Å²) in [5, 5.41) is 8.09. The first-order chi connectivity index (χ1) is 14.1. The van der Waals surface area contributed by atoms with Crippen LogP contribution in [-0.4, -0.2) is 48.9 Å². The van der Waals surface area contributed by atoms with Crippen molar-refractivity contribution in [1.29, 1.82) is 0 Å². The minimum absolute atomic E-state index is 0.0635. The van der Waals surface area contributed by atoms with Crippen molar-refractivity contribution in [3.63, 3.8) is 0 Å². The minimum Gasteiger partial charge on any atom is -0.378 e. The second-order valence-electron chi connectivity index (χ2n) is 6.98. The van der Waals surface area contributed by atoms with E-state index in [-0.39, 0.29) is 5.91 Å². The van der Waals surface area contributed by atoms with Gasteiger partial charge in [0.05, 0.1) is 28.8 Å². The maximum absolute atomic E-state index is 12.8. The summed E-state index contributed by atoms with van der Waals surface area (Å²) in [6.45, 7) is 7.39. The third-order valence-corrected chi connectivity index (χ3v) is 6.24. The average molecular weight is 413 g/mol. The largest absolute Gasteiger partial charge is 0.378 e. The fourth-order valence-corrected chi connectivity index (χ4v) is 4.62. The number of ether oxygens (including phenoxy) is 1. The number of aryl methyl sites for hydroxylation is 2. The quantitative estimate of drug-likeness (QED) is 0.670. The molecule has 4 heterocycles. The van der Waals surface area contributed by atoms with Crippen LogP contribution in [0.25, 0.3) is 11.1 Å². The Morgan fingerprint density at radius 3 is 2.83 bits per heavy atom. The molecule has 0 unspecified atom stereocenters. The molecule has 1 fully saturated rings. The van der Waals surface area contributed by atoms with Crippen molar-refractivity contribution in [2.75, 3.05) is 37.7 Å². The SMILES string of the molecule is Cc1noc(C)c1CCNC(=O)c1cc(-c2cccnc2)c(N2CCOCC2)s1. The van der Waals surface area contributed by atoms with Crippen LogP contribution in [0.4, 0.5) is 5.00 Å². The zero-order chi connectivity index (χ0) is 20.2. The van der Waals surface area contributed by atoms with Gasteiger partial charge >= 0.3 is 0 Å². The number of aromatic nitrogens is 2. The molecule has 3 aromatic rings. The third-order valence-electron chi connectivity index (χ3n) is 5.05. The van der Waals surface area contributed by atoms with Gasteiger partial charge in [-0.05, 0) is 32.4 Å². The van der Waals surface area contributed by atoms with Crippen molar-refractivity contribution >= 4 is 22.2 Å². The van der Waals surface area contributed by atoms with Crippen molar-refractivity contribution in [2.45, 2.75) is 20.3 Å². The molecule has 0 spiro atoms. The molecule has 152 valence electrons. The first-order valence-corrected chi connectivity index (χ1v) is 10.5. The van der Waals surface area contributed by atoms with Gasteiger partial charge in [-0.1, -0.05) is 11.2 Å². The monoisotopic (exact) mass is 412 g/mol. The van der Waals surface area contributed by atoms with Crippen LogP contribution in [0.2, 0.25) is 0 Å². The van der Waals surface area contributed by atoms with Crippen molar-refractivity contribution in [1.82, 2.24) is 15.5 Å². The molecule has 1 saturated heterocycles. The number of carbonyl (C=O) groups excluding carboxylic acids is 1. The fraction of sp³-hybridized carbons (Fsp3) is 0.381. The standard InChI is InChI=1S/C21H24N4O3S/c1-14-17(15(2)28-24-14)5-7-23-20(26)19-12-18(16-4-3-6-22-13-16)21(29-19)25-8-10-27-11-9-25/h3-4,6,12-13H,5,7-11H2,1-2H3,(H,23,26). The van der Waals surface area contributed by atoms with Gasteiger partial charge in [-0.25, -0.2) is 0 Å². The summed E-state index contributed by atoms with van der Waals surface area (Å²) >= 11 is 1.52. The van der Waals surface area contributed by atoms with Gasteiger partial charge < -0.3 is 19.5 Å². The van der Waals surface area contributed by atoms with E-state index in [0.717, 1.165) is 46.2 Å². The van der Waals surface area contributed by atoms with Gasteiger partial charge in [0.2, 0.25) is 0 Å². The predicted molar refractivity (Wildman–Crippen MR) is 113 cm³/mol. The van der Waals surface area contributed by atoms with Crippen LogP contribution in [0.5, 0.6) is 0 Å². The van der Waals surface area contributed by atoms with Crippen molar-refractivity contribution in [2.24, 2.45) is 0 Å². The second-order valence-corrected chi connectivity index (χ2v) is 8.01. The number of nitrogens with one attached hydrogen (secondary N) is 1. The molecular weight excluding hydrogens is 388 g/mol. The van der Waals surface area contributed by atoms with E-state index in [0.29, 0.717) is 31.1 Å². The number of hydrogen-bond acceptors (Lipinski definition) is 7. The van der Waals surface area contributed by atoms with E-state index in [1.54, 1.807) is 6.20 Å².